The zero-order valence-corrected chi connectivity index (χ0v) is 18.1. The van der Waals surface area contributed by atoms with Crippen LogP contribution < -0.4 is 0 Å². The van der Waals surface area contributed by atoms with Crippen LogP contribution >= 0.6 is 0 Å². The third-order valence-electron chi connectivity index (χ3n) is 4.41. The van der Waals surface area contributed by atoms with Gasteiger partial charge in [-0.05, 0) is 38.5 Å². The second kappa shape index (κ2) is 21.6. The van der Waals surface area contributed by atoms with Crippen molar-refractivity contribution in [2.45, 2.75) is 71.6 Å². The van der Waals surface area contributed by atoms with Gasteiger partial charge in [0.15, 0.2) is 0 Å². The molecular weight excluding hydrogens is 360 g/mol. The van der Waals surface area contributed by atoms with Crippen LogP contribution in [-0.2, 0) is 19.1 Å². The Morgan fingerprint density at radius 1 is 1.04 bits per heavy atom. The number of methoxy groups -OCH3 is 2. The number of aliphatic hydroxyl groups excluding tert-OH is 2. The van der Waals surface area contributed by atoms with Gasteiger partial charge in [-0.2, -0.15) is 0 Å². The molecule has 166 valence electrons. The molecule has 0 saturated heterocycles. The molecule has 0 aromatic heterocycles. The second-order valence-corrected chi connectivity index (χ2v) is 6.48. The quantitative estimate of drug-likeness (QED) is 0.196. The Labute approximate surface area is 172 Å². The molecule has 0 heterocycles. The molecule has 0 aliphatic heterocycles. The van der Waals surface area contributed by atoms with Gasteiger partial charge < -0.3 is 19.7 Å². The van der Waals surface area contributed by atoms with E-state index in [0.717, 1.165) is 25.7 Å². The summed E-state index contributed by atoms with van der Waals surface area (Å²) in [4.78, 5) is 21.9. The van der Waals surface area contributed by atoms with Gasteiger partial charge in [0.25, 0.3) is 0 Å². The Hall–Kier alpha value is -1.66. The summed E-state index contributed by atoms with van der Waals surface area (Å²) >= 11 is 0. The Morgan fingerprint density at radius 3 is 2.21 bits per heavy atom. The first-order valence-corrected chi connectivity index (χ1v) is 10.2. The van der Waals surface area contributed by atoms with Gasteiger partial charge in [-0.1, -0.05) is 50.8 Å². The summed E-state index contributed by atoms with van der Waals surface area (Å²) < 4.78 is 9.09. The van der Waals surface area contributed by atoms with Crippen LogP contribution in [0.1, 0.15) is 73.1 Å². The molecule has 0 bridgehead atoms. The highest BCUT2D eigenvalue weighted by atomic mass is 16.5. The van der Waals surface area contributed by atoms with E-state index in [0.29, 0.717) is 37.5 Å². The smallest absolute Gasteiger partial charge is 0.333 e. The molecule has 1 unspecified atom stereocenters. The minimum atomic E-state index is -0.302. The van der Waals surface area contributed by atoms with Gasteiger partial charge in [0.1, 0.15) is 0 Å². The lowest BCUT2D eigenvalue weighted by atomic mass is 9.99. The molecule has 0 fully saturated rings. The summed E-state index contributed by atoms with van der Waals surface area (Å²) in [5.74, 6) is -0.0709. The number of hydrogen-bond acceptors (Lipinski definition) is 6. The normalized spacial score (nSPS) is 12.3. The molecule has 6 nitrogen and oxygen atoms in total. The maximum absolute atomic E-state index is 11.2. The summed E-state index contributed by atoms with van der Waals surface area (Å²) in [7, 11) is 2.71. The average Bonchev–Trinajstić information content (AvgIpc) is 2.73. The van der Waals surface area contributed by atoms with Crippen molar-refractivity contribution in [3.8, 4) is 0 Å². The fraction of sp³-hybridized carbons (Fsp3) is 0.727. The zero-order chi connectivity index (χ0) is 21.6. The predicted octanol–water partition coefficient (Wildman–Crippen LogP) is 4.20. The van der Waals surface area contributed by atoms with Crippen LogP contribution in [0.15, 0.2) is 23.8 Å². The van der Waals surface area contributed by atoms with Crippen LogP contribution in [0.25, 0.3) is 0 Å². The Morgan fingerprint density at radius 2 is 1.71 bits per heavy atom. The molecule has 28 heavy (non-hydrogen) atoms. The molecule has 0 saturated carbocycles. The molecule has 1 atom stereocenters. The molecule has 0 spiro atoms. The molecule has 0 amide bonds. The fourth-order valence-corrected chi connectivity index (χ4v) is 2.44. The maximum atomic E-state index is 11.2. The van der Waals surface area contributed by atoms with E-state index in [1.165, 1.54) is 27.1 Å². The minimum Gasteiger partial charge on any atom is -0.469 e. The lowest BCUT2D eigenvalue weighted by Crippen LogP contribution is -2.04. The lowest BCUT2D eigenvalue weighted by Gasteiger charge is -2.10. The van der Waals surface area contributed by atoms with Crippen molar-refractivity contribution < 1.29 is 30.7 Å². The van der Waals surface area contributed by atoms with Crippen LogP contribution in [0.3, 0.4) is 0 Å². The molecule has 2 N–H and O–H groups in total. The Balaban J connectivity index is -0.000000468. The van der Waals surface area contributed by atoms with Gasteiger partial charge in [-0.3, -0.25) is 4.79 Å². The second-order valence-electron chi connectivity index (χ2n) is 6.48. The molecule has 0 aromatic carbocycles. The number of carbonyl (C=O) groups excluding carboxylic acids is 2. The minimum absolute atomic E-state index is 0. The summed E-state index contributed by atoms with van der Waals surface area (Å²) in [6.45, 7) is 4.56. The van der Waals surface area contributed by atoms with Gasteiger partial charge >= 0.3 is 11.9 Å². The first kappa shape index (κ1) is 28.5. The molecular formula is C22H42O6. The molecule has 6 heteroatoms. The van der Waals surface area contributed by atoms with Crippen molar-refractivity contribution >= 4 is 11.9 Å². The highest BCUT2D eigenvalue weighted by Gasteiger charge is 2.06. The molecule has 0 radical (unpaired) electrons. The summed E-state index contributed by atoms with van der Waals surface area (Å²) in [6.07, 6.45) is 13.5. The van der Waals surface area contributed by atoms with Crippen molar-refractivity contribution in [1.82, 2.24) is 0 Å². The summed E-state index contributed by atoms with van der Waals surface area (Å²) in [5, 5.41) is 17.4. The van der Waals surface area contributed by atoms with E-state index in [4.69, 9.17) is 10.2 Å². The van der Waals surface area contributed by atoms with Gasteiger partial charge in [0, 0.05) is 20.2 Å². The number of esters is 2. The van der Waals surface area contributed by atoms with Crippen molar-refractivity contribution in [2.24, 2.45) is 5.92 Å². The number of ether oxygens (including phenoxy) is 2. The van der Waals surface area contributed by atoms with Crippen LogP contribution in [0.5, 0.6) is 0 Å². The average molecular weight is 403 g/mol. The number of carbonyl (C=O) groups is 2. The lowest BCUT2D eigenvalue weighted by molar-refractivity contribution is -0.139. The third-order valence-corrected chi connectivity index (χ3v) is 4.41. The van der Waals surface area contributed by atoms with Crippen LogP contribution in [0.2, 0.25) is 0 Å². The molecule has 0 aromatic rings. The van der Waals surface area contributed by atoms with E-state index >= 15 is 0 Å². The molecule has 0 rings (SSSR count). The monoisotopic (exact) mass is 402 g/mol. The largest absolute Gasteiger partial charge is 0.469 e. The Bertz CT molecular complexity index is 445. The first-order valence-electron chi connectivity index (χ1n) is 10.2. The summed E-state index contributed by atoms with van der Waals surface area (Å²) in [6, 6.07) is 0. The third kappa shape index (κ3) is 17.7. The number of allylic oxidation sites excluding steroid dienone is 2. The van der Waals surface area contributed by atoms with Crippen molar-refractivity contribution in [1.29, 1.82) is 0 Å². The summed E-state index contributed by atoms with van der Waals surface area (Å²) in [5.41, 5.74) is 0.644. The SMILES string of the molecule is C/C=C(\CCC=CCC(=O)OC)C(=O)OC.CCC(CO)CCCCCCO.[HH]. The number of unbranched alkanes of at least 4 members (excludes halogenated alkanes) is 3. The highest BCUT2D eigenvalue weighted by Crippen LogP contribution is 2.13. The number of hydrogen-bond donors (Lipinski definition) is 2. The van der Waals surface area contributed by atoms with Gasteiger partial charge in [0.05, 0.1) is 20.6 Å². The fourth-order valence-electron chi connectivity index (χ4n) is 2.44. The topological polar surface area (TPSA) is 93.1 Å². The van der Waals surface area contributed by atoms with Crippen molar-refractivity contribution in [2.75, 3.05) is 27.4 Å². The number of rotatable bonds is 14. The Kier molecular flexibility index (Phi) is 22.1. The molecule has 0 aliphatic rings. The van der Waals surface area contributed by atoms with E-state index in [-0.39, 0.29) is 19.8 Å². The van der Waals surface area contributed by atoms with E-state index < -0.39 is 0 Å². The van der Waals surface area contributed by atoms with Crippen molar-refractivity contribution in [3.05, 3.63) is 23.8 Å². The van der Waals surface area contributed by atoms with E-state index in [1.807, 2.05) is 6.08 Å². The van der Waals surface area contributed by atoms with E-state index in [2.05, 4.69) is 16.4 Å². The van der Waals surface area contributed by atoms with Crippen LogP contribution in [0.4, 0.5) is 0 Å². The standard InChI is InChI=1S/C12H18O4.C10H22O2.H2/c1-4-10(12(14)16-3)8-6-5-7-9-11(13)15-2;1-2-10(9-12)7-5-3-4-6-8-11;/h4-5,7H,6,8-9H2,1-3H3;10-12H,2-9H2,1H3;1H/b7-5?,10-4+;;. The molecule has 0 aliphatic carbocycles. The maximum Gasteiger partial charge on any atom is 0.333 e. The van der Waals surface area contributed by atoms with Crippen molar-refractivity contribution in [3.63, 3.8) is 0 Å². The van der Waals surface area contributed by atoms with Crippen LogP contribution in [-0.4, -0.2) is 49.6 Å². The van der Waals surface area contributed by atoms with E-state index in [1.54, 1.807) is 19.1 Å². The predicted molar refractivity (Wildman–Crippen MR) is 114 cm³/mol. The van der Waals surface area contributed by atoms with Gasteiger partial charge in [-0.15, -0.1) is 0 Å². The first-order chi connectivity index (χ1) is 13.5. The highest BCUT2D eigenvalue weighted by molar-refractivity contribution is 5.88. The van der Waals surface area contributed by atoms with Gasteiger partial charge in [0.2, 0.25) is 0 Å². The number of aliphatic hydroxyl groups is 2. The van der Waals surface area contributed by atoms with E-state index in [9.17, 15) is 9.59 Å². The van der Waals surface area contributed by atoms with Crippen LogP contribution in [0, 0.1) is 5.92 Å². The zero-order valence-electron chi connectivity index (χ0n) is 18.1. The van der Waals surface area contributed by atoms with Gasteiger partial charge in [-0.25, -0.2) is 4.79 Å².